The van der Waals surface area contributed by atoms with Crippen LogP contribution in [0.2, 0.25) is 0 Å². The van der Waals surface area contributed by atoms with Gasteiger partial charge in [-0.05, 0) is 31.0 Å². The van der Waals surface area contributed by atoms with Crippen LogP contribution in [-0.2, 0) is 0 Å². The van der Waals surface area contributed by atoms with E-state index in [-0.39, 0.29) is 24.5 Å². The highest BCUT2D eigenvalue weighted by atomic mass is 16.7. The number of fused-ring (bicyclic) bond motifs is 1. The Morgan fingerprint density at radius 2 is 2.19 bits per heavy atom. The molecule has 1 aromatic carbocycles. The number of hydrogen-bond acceptors (Lipinski definition) is 5. The van der Waals surface area contributed by atoms with Gasteiger partial charge in [0.25, 0.3) is 5.91 Å². The predicted octanol–water partition coefficient (Wildman–Crippen LogP) is 1.01. The summed E-state index contributed by atoms with van der Waals surface area (Å²) in [6.45, 7) is 1.31. The number of nitrogens with two attached hydrogens (primary N) is 1. The fraction of sp³-hybridized carbons (Fsp3) is 0.429. The van der Waals surface area contributed by atoms with E-state index in [2.05, 4.69) is 5.16 Å². The molecule has 1 amide bonds. The first-order valence-corrected chi connectivity index (χ1v) is 6.85. The molecule has 0 bridgehead atoms. The monoisotopic (exact) mass is 291 g/mol. The molecule has 0 spiro atoms. The number of nitrogens with zero attached hydrogens (tertiary/aromatic N) is 2. The van der Waals surface area contributed by atoms with E-state index >= 15 is 0 Å². The van der Waals surface area contributed by atoms with Crippen LogP contribution in [0.1, 0.15) is 23.2 Å². The lowest BCUT2D eigenvalue weighted by atomic mass is 9.96. The SMILES string of the molecule is NC(=NO)C1CCCN(C(=O)c2ccc3c(c2)OCO3)C1. The summed E-state index contributed by atoms with van der Waals surface area (Å²) in [6.07, 6.45) is 1.65. The van der Waals surface area contributed by atoms with Gasteiger partial charge in [0, 0.05) is 24.6 Å². The van der Waals surface area contributed by atoms with Gasteiger partial charge in [0.15, 0.2) is 11.5 Å². The smallest absolute Gasteiger partial charge is 0.254 e. The third kappa shape index (κ3) is 2.58. The van der Waals surface area contributed by atoms with Crippen LogP contribution in [0.4, 0.5) is 0 Å². The molecule has 1 aromatic rings. The van der Waals surface area contributed by atoms with E-state index in [9.17, 15) is 4.79 Å². The second kappa shape index (κ2) is 5.51. The summed E-state index contributed by atoms with van der Waals surface area (Å²) in [7, 11) is 0. The van der Waals surface area contributed by atoms with Crippen molar-refractivity contribution in [2.75, 3.05) is 19.9 Å². The van der Waals surface area contributed by atoms with Crippen LogP contribution in [0.25, 0.3) is 0 Å². The number of oxime groups is 1. The maximum Gasteiger partial charge on any atom is 0.254 e. The lowest BCUT2D eigenvalue weighted by Gasteiger charge is -2.32. The Kier molecular flexibility index (Phi) is 3.55. The van der Waals surface area contributed by atoms with Crippen LogP contribution in [0.15, 0.2) is 23.4 Å². The second-order valence-corrected chi connectivity index (χ2v) is 5.18. The number of piperidine rings is 1. The third-order valence-electron chi connectivity index (χ3n) is 3.86. The van der Waals surface area contributed by atoms with E-state index in [0.717, 1.165) is 12.8 Å². The zero-order chi connectivity index (χ0) is 14.8. The summed E-state index contributed by atoms with van der Waals surface area (Å²) in [5.74, 6) is 1.24. The predicted molar refractivity (Wildman–Crippen MR) is 74.6 cm³/mol. The van der Waals surface area contributed by atoms with E-state index in [0.29, 0.717) is 30.2 Å². The Morgan fingerprint density at radius 3 is 3.00 bits per heavy atom. The number of rotatable bonds is 2. The first kappa shape index (κ1) is 13.5. The van der Waals surface area contributed by atoms with E-state index in [1.807, 2.05) is 0 Å². The van der Waals surface area contributed by atoms with Crippen LogP contribution in [-0.4, -0.2) is 41.7 Å². The molecule has 0 radical (unpaired) electrons. The average molecular weight is 291 g/mol. The Balaban J connectivity index is 1.75. The fourth-order valence-corrected chi connectivity index (χ4v) is 2.70. The molecule has 112 valence electrons. The van der Waals surface area contributed by atoms with Crippen LogP contribution in [0.3, 0.4) is 0 Å². The number of likely N-dealkylation sites (tertiary alicyclic amines) is 1. The van der Waals surface area contributed by atoms with Crippen molar-refractivity contribution < 1.29 is 19.5 Å². The molecular weight excluding hydrogens is 274 g/mol. The minimum atomic E-state index is -0.0956. The highest BCUT2D eigenvalue weighted by molar-refractivity contribution is 5.95. The van der Waals surface area contributed by atoms with Crippen molar-refractivity contribution in [2.45, 2.75) is 12.8 Å². The topological polar surface area (TPSA) is 97.4 Å². The zero-order valence-electron chi connectivity index (χ0n) is 11.5. The molecule has 1 atom stereocenters. The summed E-state index contributed by atoms with van der Waals surface area (Å²) in [6, 6.07) is 5.15. The van der Waals surface area contributed by atoms with Gasteiger partial charge in [-0.15, -0.1) is 0 Å². The molecule has 21 heavy (non-hydrogen) atoms. The lowest BCUT2D eigenvalue weighted by molar-refractivity contribution is 0.0701. The van der Waals surface area contributed by atoms with E-state index in [1.54, 1.807) is 23.1 Å². The molecule has 7 heteroatoms. The van der Waals surface area contributed by atoms with Gasteiger partial charge in [-0.25, -0.2) is 0 Å². The van der Waals surface area contributed by atoms with E-state index < -0.39 is 0 Å². The third-order valence-corrected chi connectivity index (χ3v) is 3.86. The van der Waals surface area contributed by atoms with Crippen LogP contribution in [0.5, 0.6) is 11.5 Å². The summed E-state index contributed by atoms with van der Waals surface area (Å²) in [5.41, 5.74) is 6.20. The van der Waals surface area contributed by atoms with Crippen molar-refractivity contribution in [1.29, 1.82) is 0 Å². The van der Waals surface area contributed by atoms with Gasteiger partial charge in [0.1, 0.15) is 5.84 Å². The van der Waals surface area contributed by atoms with Crippen molar-refractivity contribution >= 4 is 11.7 Å². The van der Waals surface area contributed by atoms with Crippen molar-refractivity contribution in [3.63, 3.8) is 0 Å². The molecule has 0 saturated carbocycles. The van der Waals surface area contributed by atoms with Crippen LogP contribution in [0, 0.1) is 5.92 Å². The largest absolute Gasteiger partial charge is 0.454 e. The maximum atomic E-state index is 12.5. The molecule has 2 aliphatic heterocycles. The second-order valence-electron chi connectivity index (χ2n) is 5.18. The molecule has 3 N–H and O–H groups in total. The summed E-state index contributed by atoms with van der Waals surface area (Å²) in [4.78, 5) is 14.3. The van der Waals surface area contributed by atoms with Crippen molar-refractivity contribution in [3.05, 3.63) is 23.8 Å². The molecule has 1 unspecified atom stereocenters. The number of carbonyl (C=O) groups is 1. The van der Waals surface area contributed by atoms with Gasteiger partial charge < -0.3 is 25.3 Å². The van der Waals surface area contributed by atoms with Gasteiger partial charge in [-0.3, -0.25) is 4.79 Å². The van der Waals surface area contributed by atoms with E-state index in [1.165, 1.54) is 0 Å². The Hall–Kier alpha value is -2.44. The first-order chi connectivity index (χ1) is 10.2. The molecule has 0 aromatic heterocycles. The molecular formula is C14H17N3O4. The molecule has 7 nitrogen and oxygen atoms in total. The highest BCUT2D eigenvalue weighted by Crippen LogP contribution is 2.33. The molecule has 0 aliphatic carbocycles. The molecule has 1 fully saturated rings. The fourth-order valence-electron chi connectivity index (χ4n) is 2.70. The van der Waals surface area contributed by atoms with Gasteiger partial charge in [0.2, 0.25) is 6.79 Å². The normalized spacial score (nSPS) is 21.4. The van der Waals surface area contributed by atoms with Gasteiger partial charge in [-0.2, -0.15) is 0 Å². The Morgan fingerprint density at radius 1 is 1.38 bits per heavy atom. The number of benzene rings is 1. The first-order valence-electron chi connectivity index (χ1n) is 6.85. The summed E-state index contributed by atoms with van der Waals surface area (Å²) < 4.78 is 10.5. The lowest BCUT2D eigenvalue weighted by Crippen LogP contribution is -2.44. The summed E-state index contributed by atoms with van der Waals surface area (Å²) >= 11 is 0. The van der Waals surface area contributed by atoms with Crippen molar-refractivity contribution in [3.8, 4) is 11.5 Å². The number of amidine groups is 1. The minimum absolute atomic E-state index is 0.0799. The zero-order valence-corrected chi connectivity index (χ0v) is 11.5. The molecule has 2 aliphatic rings. The van der Waals surface area contributed by atoms with Crippen molar-refractivity contribution in [1.82, 2.24) is 4.90 Å². The maximum absolute atomic E-state index is 12.5. The molecule has 3 rings (SSSR count). The van der Waals surface area contributed by atoms with Gasteiger partial charge in [0.05, 0.1) is 0 Å². The summed E-state index contributed by atoms with van der Waals surface area (Å²) in [5, 5.41) is 11.8. The highest BCUT2D eigenvalue weighted by Gasteiger charge is 2.27. The molecule has 2 heterocycles. The average Bonchev–Trinajstić information content (AvgIpc) is 3.01. The Labute approximate surface area is 121 Å². The number of amides is 1. The van der Waals surface area contributed by atoms with E-state index in [4.69, 9.17) is 20.4 Å². The number of hydrogen-bond donors (Lipinski definition) is 2. The van der Waals surface area contributed by atoms with Gasteiger partial charge >= 0.3 is 0 Å². The standard InChI is InChI=1S/C14H17N3O4/c15-13(16-19)10-2-1-5-17(7-10)14(18)9-3-4-11-12(6-9)21-8-20-11/h3-4,6,10,19H,1-2,5,7-8H2,(H2,15,16). The quantitative estimate of drug-likeness (QED) is 0.367. The number of ether oxygens (including phenoxy) is 2. The van der Waals surface area contributed by atoms with Crippen molar-refractivity contribution in [2.24, 2.45) is 16.8 Å². The molecule has 1 saturated heterocycles. The number of carbonyl (C=O) groups excluding carboxylic acids is 1. The van der Waals surface area contributed by atoms with Gasteiger partial charge in [-0.1, -0.05) is 5.16 Å². The minimum Gasteiger partial charge on any atom is -0.454 e. The van der Waals surface area contributed by atoms with Crippen LogP contribution < -0.4 is 15.2 Å². The van der Waals surface area contributed by atoms with Crippen LogP contribution >= 0.6 is 0 Å². The Bertz CT molecular complexity index is 588.